The maximum Gasteiger partial charge on any atom is 0.330 e. The van der Waals surface area contributed by atoms with Gasteiger partial charge in [-0.2, -0.15) is 0 Å². The van der Waals surface area contributed by atoms with Gasteiger partial charge in [0, 0.05) is 25.2 Å². The maximum absolute atomic E-state index is 12.8. The summed E-state index contributed by atoms with van der Waals surface area (Å²) in [6.07, 6.45) is 4.97. The number of ether oxygens (including phenoxy) is 3. The minimum Gasteiger partial charge on any atom is -0.493 e. The van der Waals surface area contributed by atoms with Crippen LogP contribution in [0.4, 0.5) is 0 Å². The molecule has 1 aromatic carbocycles. The number of carbonyl (C=O) groups is 1. The fourth-order valence-electron chi connectivity index (χ4n) is 2.61. The lowest BCUT2D eigenvalue weighted by atomic mass is 10.2. The van der Waals surface area contributed by atoms with Crippen molar-refractivity contribution in [1.29, 1.82) is 0 Å². The second kappa shape index (κ2) is 9.20. The minimum absolute atomic E-state index is 0.0528. The van der Waals surface area contributed by atoms with E-state index in [1.165, 1.54) is 39.5 Å². The number of nitrogens with one attached hydrogen (secondary N) is 1. The van der Waals surface area contributed by atoms with Gasteiger partial charge < -0.3 is 19.1 Å². The summed E-state index contributed by atoms with van der Waals surface area (Å²) in [5, 5.41) is 0. The number of rotatable bonds is 10. The molecule has 150 valence electrons. The highest BCUT2D eigenvalue weighted by molar-refractivity contribution is 7.89. The SMILES string of the molecule is COC(=O)/C=C/c1cc(OC)c(OC)c(S(=O)(=O)NCCN(C)C2CC2)c1. The van der Waals surface area contributed by atoms with Crippen molar-refractivity contribution in [3.05, 3.63) is 23.8 Å². The van der Waals surface area contributed by atoms with Crippen LogP contribution in [-0.4, -0.2) is 66.8 Å². The minimum atomic E-state index is -3.83. The Morgan fingerprint density at radius 3 is 2.52 bits per heavy atom. The largest absolute Gasteiger partial charge is 0.493 e. The van der Waals surface area contributed by atoms with Crippen molar-refractivity contribution >= 4 is 22.1 Å². The average Bonchev–Trinajstić information content (AvgIpc) is 3.50. The van der Waals surface area contributed by atoms with Gasteiger partial charge in [0.15, 0.2) is 11.5 Å². The lowest BCUT2D eigenvalue weighted by molar-refractivity contribution is -0.134. The van der Waals surface area contributed by atoms with E-state index >= 15 is 0 Å². The molecule has 0 amide bonds. The van der Waals surface area contributed by atoms with Gasteiger partial charge in [-0.25, -0.2) is 17.9 Å². The number of carbonyl (C=O) groups excluding carboxylic acids is 1. The second-order valence-electron chi connectivity index (χ2n) is 6.22. The molecule has 1 aliphatic carbocycles. The Kier molecular flexibility index (Phi) is 7.23. The molecule has 0 aliphatic heterocycles. The van der Waals surface area contributed by atoms with E-state index in [1.807, 2.05) is 7.05 Å². The Hall–Kier alpha value is -2.10. The molecule has 1 N–H and O–H groups in total. The number of likely N-dealkylation sites (N-methyl/N-ethyl adjacent to an activating group) is 1. The molecular weight excluding hydrogens is 372 g/mol. The Labute approximate surface area is 160 Å². The molecule has 9 heteroatoms. The van der Waals surface area contributed by atoms with Crippen molar-refractivity contribution in [2.24, 2.45) is 0 Å². The van der Waals surface area contributed by atoms with Gasteiger partial charge in [-0.3, -0.25) is 0 Å². The third-order valence-corrected chi connectivity index (χ3v) is 5.76. The van der Waals surface area contributed by atoms with E-state index in [9.17, 15) is 13.2 Å². The molecule has 0 spiro atoms. The number of esters is 1. The first-order valence-corrected chi connectivity index (χ1v) is 10.0. The molecule has 0 radical (unpaired) electrons. The molecule has 1 aromatic rings. The number of hydrogen-bond donors (Lipinski definition) is 1. The van der Waals surface area contributed by atoms with Gasteiger partial charge in [-0.1, -0.05) is 0 Å². The molecule has 1 aliphatic rings. The predicted octanol–water partition coefficient (Wildman–Crippen LogP) is 1.26. The van der Waals surface area contributed by atoms with Crippen molar-refractivity contribution < 1.29 is 27.4 Å². The summed E-state index contributed by atoms with van der Waals surface area (Å²) in [5.41, 5.74) is 0.466. The molecule has 1 fully saturated rings. The van der Waals surface area contributed by atoms with Crippen LogP contribution in [-0.2, 0) is 19.6 Å². The van der Waals surface area contributed by atoms with Crippen LogP contribution in [0.1, 0.15) is 18.4 Å². The van der Waals surface area contributed by atoms with Crippen molar-refractivity contribution in [2.75, 3.05) is 41.5 Å². The molecule has 0 aromatic heterocycles. The van der Waals surface area contributed by atoms with Crippen LogP contribution >= 0.6 is 0 Å². The summed E-state index contributed by atoms with van der Waals surface area (Å²) in [7, 11) is 2.20. The number of nitrogens with zero attached hydrogens (tertiary/aromatic N) is 1. The molecule has 2 rings (SSSR count). The maximum atomic E-state index is 12.8. The third kappa shape index (κ3) is 5.69. The van der Waals surface area contributed by atoms with Gasteiger partial charge in [0.25, 0.3) is 0 Å². The fourth-order valence-corrected chi connectivity index (χ4v) is 3.84. The molecule has 0 saturated heterocycles. The van der Waals surface area contributed by atoms with Crippen LogP contribution in [0.15, 0.2) is 23.1 Å². The quantitative estimate of drug-likeness (QED) is 0.468. The molecule has 1 saturated carbocycles. The lowest BCUT2D eigenvalue weighted by Crippen LogP contribution is -2.34. The Balaban J connectivity index is 2.27. The Bertz CT molecular complexity index is 802. The summed E-state index contributed by atoms with van der Waals surface area (Å²) >= 11 is 0. The topological polar surface area (TPSA) is 94.2 Å². The van der Waals surface area contributed by atoms with Gasteiger partial charge in [0.1, 0.15) is 4.90 Å². The zero-order valence-electron chi connectivity index (χ0n) is 16.0. The lowest BCUT2D eigenvalue weighted by Gasteiger charge is -2.17. The van der Waals surface area contributed by atoms with Gasteiger partial charge >= 0.3 is 5.97 Å². The predicted molar refractivity (Wildman–Crippen MR) is 101 cm³/mol. The van der Waals surface area contributed by atoms with E-state index in [2.05, 4.69) is 14.4 Å². The van der Waals surface area contributed by atoms with Crippen molar-refractivity contribution in [2.45, 2.75) is 23.8 Å². The third-order valence-electron chi connectivity index (χ3n) is 4.30. The standard InChI is InChI=1S/C18H26N2O6S/c1-20(14-6-7-14)10-9-19-27(22,23)16-12-13(5-8-17(21)25-3)11-15(24-2)18(16)26-4/h5,8,11-12,14,19H,6-7,9-10H2,1-4H3/b8-5+. The summed E-state index contributed by atoms with van der Waals surface area (Å²) < 4.78 is 43.3. The van der Waals surface area contributed by atoms with Gasteiger partial charge in [-0.15, -0.1) is 0 Å². The molecule has 0 bridgehead atoms. The molecule has 0 heterocycles. The van der Waals surface area contributed by atoms with E-state index in [0.717, 1.165) is 12.8 Å². The number of hydrogen-bond acceptors (Lipinski definition) is 7. The average molecular weight is 398 g/mol. The van der Waals surface area contributed by atoms with Crippen LogP contribution in [0, 0.1) is 0 Å². The first-order chi connectivity index (χ1) is 12.8. The molecule has 0 atom stereocenters. The first-order valence-electron chi connectivity index (χ1n) is 8.54. The monoisotopic (exact) mass is 398 g/mol. The molecule has 27 heavy (non-hydrogen) atoms. The van der Waals surface area contributed by atoms with Crippen LogP contribution < -0.4 is 14.2 Å². The molecule has 8 nitrogen and oxygen atoms in total. The summed E-state index contributed by atoms with van der Waals surface area (Å²) in [6.45, 7) is 0.897. The summed E-state index contributed by atoms with van der Waals surface area (Å²) in [4.78, 5) is 13.4. The number of sulfonamides is 1. The van der Waals surface area contributed by atoms with Crippen LogP contribution in [0.3, 0.4) is 0 Å². The highest BCUT2D eigenvalue weighted by Crippen LogP contribution is 2.36. The Morgan fingerprint density at radius 2 is 1.96 bits per heavy atom. The van der Waals surface area contributed by atoms with Crippen LogP contribution in [0.25, 0.3) is 6.08 Å². The highest BCUT2D eigenvalue weighted by atomic mass is 32.2. The van der Waals surface area contributed by atoms with Gasteiger partial charge in [0.05, 0.1) is 21.3 Å². The molecular formula is C18H26N2O6S. The van der Waals surface area contributed by atoms with E-state index in [-0.39, 0.29) is 22.9 Å². The van der Waals surface area contributed by atoms with E-state index in [0.29, 0.717) is 18.2 Å². The Morgan fingerprint density at radius 1 is 1.26 bits per heavy atom. The van der Waals surface area contributed by atoms with E-state index in [4.69, 9.17) is 9.47 Å². The highest BCUT2D eigenvalue weighted by Gasteiger charge is 2.27. The zero-order chi connectivity index (χ0) is 20.0. The molecule has 0 unspecified atom stereocenters. The van der Waals surface area contributed by atoms with Gasteiger partial charge in [0.2, 0.25) is 10.0 Å². The second-order valence-corrected chi connectivity index (χ2v) is 7.96. The fraction of sp³-hybridized carbons (Fsp3) is 0.500. The normalized spacial score (nSPS) is 14.6. The van der Waals surface area contributed by atoms with Crippen molar-refractivity contribution in [3.63, 3.8) is 0 Å². The summed E-state index contributed by atoms with van der Waals surface area (Å²) in [5.74, 6) is -0.189. The number of benzene rings is 1. The summed E-state index contributed by atoms with van der Waals surface area (Å²) in [6, 6.07) is 3.56. The smallest absolute Gasteiger partial charge is 0.330 e. The zero-order valence-corrected chi connectivity index (χ0v) is 16.8. The van der Waals surface area contributed by atoms with Crippen LogP contribution in [0.2, 0.25) is 0 Å². The number of methoxy groups -OCH3 is 3. The first kappa shape index (κ1) is 21.2. The van der Waals surface area contributed by atoms with Crippen molar-refractivity contribution in [3.8, 4) is 11.5 Å². The van der Waals surface area contributed by atoms with E-state index < -0.39 is 16.0 Å². The van der Waals surface area contributed by atoms with Crippen molar-refractivity contribution in [1.82, 2.24) is 9.62 Å². The van der Waals surface area contributed by atoms with E-state index in [1.54, 1.807) is 6.07 Å². The van der Waals surface area contributed by atoms with Gasteiger partial charge in [-0.05, 0) is 43.7 Å². The van der Waals surface area contributed by atoms with Crippen LogP contribution in [0.5, 0.6) is 11.5 Å².